The highest BCUT2D eigenvalue weighted by Crippen LogP contribution is 2.17. The van der Waals surface area contributed by atoms with Gasteiger partial charge in [-0.05, 0) is 5.56 Å². The summed E-state index contributed by atoms with van der Waals surface area (Å²) in [4.78, 5) is 23.5. The van der Waals surface area contributed by atoms with Gasteiger partial charge < -0.3 is 14.6 Å². The molecule has 0 aliphatic heterocycles. The van der Waals surface area contributed by atoms with E-state index < -0.39 is 24.9 Å². The Labute approximate surface area is 116 Å². The van der Waals surface area contributed by atoms with E-state index in [9.17, 15) is 19.1 Å². The van der Waals surface area contributed by atoms with Gasteiger partial charge in [-0.15, -0.1) is 0 Å². The van der Waals surface area contributed by atoms with Crippen LogP contribution in [0.1, 0.15) is 22.3 Å². The Kier molecular flexibility index (Phi) is 6.27. The Balaban J connectivity index is 2.81. The van der Waals surface area contributed by atoms with Crippen molar-refractivity contribution < 1.29 is 28.6 Å². The second kappa shape index (κ2) is 7.72. The largest absolute Gasteiger partial charge is 0.469 e. The number of aliphatic hydroxyl groups is 1. The number of halogens is 1. The summed E-state index contributed by atoms with van der Waals surface area (Å²) in [6, 6.07) is 5.94. The molecule has 2 atom stereocenters. The number of ketones is 1. The maximum absolute atomic E-state index is 12.4. The predicted molar refractivity (Wildman–Crippen MR) is 68.7 cm³/mol. The van der Waals surface area contributed by atoms with E-state index in [-0.39, 0.29) is 12.2 Å². The molecule has 110 valence electrons. The summed E-state index contributed by atoms with van der Waals surface area (Å²) < 4.78 is 21.6. The molecule has 0 spiro atoms. The molecule has 1 N–H and O–H groups in total. The Hall–Kier alpha value is -1.79. The lowest BCUT2D eigenvalue weighted by atomic mass is 9.97. The van der Waals surface area contributed by atoms with Crippen LogP contribution >= 0.6 is 0 Å². The molecule has 0 amide bonds. The number of hydrogen-bond acceptors (Lipinski definition) is 5. The summed E-state index contributed by atoms with van der Waals surface area (Å²) in [7, 11) is 2.39. The Morgan fingerprint density at radius 3 is 2.30 bits per heavy atom. The molecule has 1 aromatic rings. The molecule has 0 bridgehead atoms. The molecular weight excluding hydrogens is 267 g/mol. The number of hydrogen-bond donors (Lipinski definition) is 1. The van der Waals surface area contributed by atoms with Crippen LogP contribution in [-0.2, 0) is 20.9 Å². The molecule has 0 aliphatic carbocycles. The van der Waals surface area contributed by atoms with Crippen LogP contribution in [0.25, 0.3) is 0 Å². The maximum Gasteiger partial charge on any atom is 0.314 e. The van der Waals surface area contributed by atoms with Crippen molar-refractivity contribution in [3.63, 3.8) is 0 Å². The third-order valence-corrected chi connectivity index (χ3v) is 2.93. The lowest BCUT2D eigenvalue weighted by Gasteiger charge is -2.18. The zero-order valence-corrected chi connectivity index (χ0v) is 11.3. The van der Waals surface area contributed by atoms with Gasteiger partial charge in [0.1, 0.15) is 12.6 Å². The van der Waals surface area contributed by atoms with Crippen LogP contribution in [0.3, 0.4) is 0 Å². The summed E-state index contributed by atoms with van der Waals surface area (Å²) in [6.07, 6.45) is -1.67. The van der Waals surface area contributed by atoms with Gasteiger partial charge in [-0.3, -0.25) is 9.59 Å². The molecule has 0 heterocycles. The number of esters is 1. The first-order valence-electron chi connectivity index (χ1n) is 6.00. The normalized spacial score (nSPS) is 13.6. The Morgan fingerprint density at radius 2 is 1.85 bits per heavy atom. The SMILES string of the molecule is COC(=O)C(CC(=O)c1ccc(CF)cc1)C(O)OC. The molecule has 1 aromatic carbocycles. The summed E-state index contributed by atoms with van der Waals surface area (Å²) in [5, 5.41) is 9.57. The summed E-state index contributed by atoms with van der Waals surface area (Å²) in [5.74, 6) is -2.19. The first-order chi connectivity index (χ1) is 9.53. The fourth-order valence-electron chi connectivity index (χ4n) is 1.71. The predicted octanol–water partition coefficient (Wildman–Crippen LogP) is 1.48. The van der Waals surface area contributed by atoms with Gasteiger partial charge in [0.2, 0.25) is 0 Å². The quantitative estimate of drug-likeness (QED) is 0.466. The number of aliphatic hydroxyl groups excluding tert-OH is 1. The highest BCUT2D eigenvalue weighted by Gasteiger charge is 2.30. The summed E-state index contributed by atoms with van der Waals surface area (Å²) in [5.41, 5.74) is 0.794. The molecule has 2 unspecified atom stereocenters. The van der Waals surface area contributed by atoms with Crippen LogP contribution in [-0.4, -0.2) is 37.4 Å². The number of benzene rings is 1. The van der Waals surface area contributed by atoms with Crippen molar-refractivity contribution in [2.75, 3.05) is 14.2 Å². The van der Waals surface area contributed by atoms with E-state index in [2.05, 4.69) is 9.47 Å². The van der Waals surface area contributed by atoms with Gasteiger partial charge in [-0.25, -0.2) is 4.39 Å². The number of alkyl halides is 1. The molecule has 0 saturated heterocycles. The van der Waals surface area contributed by atoms with Crippen LogP contribution in [0.5, 0.6) is 0 Å². The van der Waals surface area contributed by atoms with E-state index in [1.807, 2.05) is 0 Å². The van der Waals surface area contributed by atoms with Crippen molar-refractivity contribution in [3.05, 3.63) is 35.4 Å². The lowest BCUT2D eigenvalue weighted by molar-refractivity contribution is -0.166. The van der Waals surface area contributed by atoms with Crippen LogP contribution in [0.4, 0.5) is 4.39 Å². The zero-order chi connectivity index (χ0) is 15.1. The molecule has 5 nitrogen and oxygen atoms in total. The fraction of sp³-hybridized carbons (Fsp3) is 0.429. The minimum absolute atomic E-state index is 0.253. The average Bonchev–Trinajstić information content (AvgIpc) is 2.50. The maximum atomic E-state index is 12.4. The number of Topliss-reactive ketones (excluding diaryl/α,β-unsaturated/α-hetero) is 1. The fourth-order valence-corrected chi connectivity index (χ4v) is 1.71. The van der Waals surface area contributed by atoms with E-state index in [0.29, 0.717) is 11.1 Å². The first-order valence-corrected chi connectivity index (χ1v) is 6.00. The zero-order valence-electron chi connectivity index (χ0n) is 11.3. The number of ether oxygens (including phenoxy) is 2. The van der Waals surface area contributed by atoms with Crippen molar-refractivity contribution in [2.24, 2.45) is 5.92 Å². The molecule has 0 saturated carbocycles. The van der Waals surface area contributed by atoms with E-state index in [1.165, 1.54) is 31.4 Å². The van der Waals surface area contributed by atoms with Crippen LogP contribution in [0.15, 0.2) is 24.3 Å². The molecule has 0 aromatic heterocycles. The third kappa shape index (κ3) is 4.11. The minimum atomic E-state index is -1.42. The molecule has 0 radical (unpaired) electrons. The monoisotopic (exact) mass is 284 g/mol. The van der Waals surface area contributed by atoms with Gasteiger partial charge in [0.05, 0.1) is 7.11 Å². The topological polar surface area (TPSA) is 72.8 Å². The van der Waals surface area contributed by atoms with Crippen molar-refractivity contribution >= 4 is 11.8 Å². The number of carbonyl (C=O) groups is 2. The smallest absolute Gasteiger partial charge is 0.314 e. The highest BCUT2D eigenvalue weighted by molar-refractivity contribution is 5.98. The highest BCUT2D eigenvalue weighted by atomic mass is 19.1. The second-order valence-electron chi connectivity index (χ2n) is 4.21. The lowest BCUT2D eigenvalue weighted by Crippen LogP contribution is -2.32. The molecule has 20 heavy (non-hydrogen) atoms. The van der Waals surface area contributed by atoms with E-state index in [0.717, 1.165) is 7.11 Å². The van der Waals surface area contributed by atoms with Crippen molar-refractivity contribution in [3.8, 4) is 0 Å². The number of carbonyl (C=O) groups excluding carboxylic acids is 2. The molecule has 1 rings (SSSR count). The summed E-state index contributed by atoms with van der Waals surface area (Å²) in [6.45, 7) is -0.609. The first kappa shape index (κ1) is 16.3. The third-order valence-electron chi connectivity index (χ3n) is 2.93. The van der Waals surface area contributed by atoms with Crippen molar-refractivity contribution in [1.29, 1.82) is 0 Å². The van der Waals surface area contributed by atoms with E-state index in [1.54, 1.807) is 0 Å². The average molecular weight is 284 g/mol. The van der Waals surface area contributed by atoms with Gasteiger partial charge in [-0.1, -0.05) is 24.3 Å². The van der Waals surface area contributed by atoms with Crippen LogP contribution in [0, 0.1) is 5.92 Å². The minimum Gasteiger partial charge on any atom is -0.469 e. The van der Waals surface area contributed by atoms with Crippen molar-refractivity contribution in [2.45, 2.75) is 19.4 Å². The molecule has 0 aliphatic rings. The molecular formula is C14H17FO5. The number of methoxy groups -OCH3 is 2. The Bertz CT molecular complexity index is 457. The Morgan fingerprint density at radius 1 is 1.25 bits per heavy atom. The van der Waals surface area contributed by atoms with E-state index >= 15 is 0 Å². The standard InChI is InChI=1S/C14H17FO5/c1-19-13(17)11(14(18)20-2)7-12(16)10-5-3-9(8-15)4-6-10/h3-6,11,13,17H,7-8H2,1-2H3. The van der Waals surface area contributed by atoms with Crippen LogP contribution in [0.2, 0.25) is 0 Å². The van der Waals surface area contributed by atoms with Gasteiger partial charge >= 0.3 is 5.97 Å². The van der Waals surface area contributed by atoms with E-state index in [4.69, 9.17) is 0 Å². The van der Waals surface area contributed by atoms with Crippen molar-refractivity contribution in [1.82, 2.24) is 0 Å². The van der Waals surface area contributed by atoms with Gasteiger partial charge in [-0.2, -0.15) is 0 Å². The van der Waals surface area contributed by atoms with Gasteiger partial charge in [0.25, 0.3) is 0 Å². The summed E-state index contributed by atoms with van der Waals surface area (Å²) >= 11 is 0. The number of rotatable bonds is 7. The molecule has 6 heteroatoms. The molecule has 0 fully saturated rings. The second-order valence-corrected chi connectivity index (χ2v) is 4.21. The van der Waals surface area contributed by atoms with Crippen LogP contribution < -0.4 is 0 Å². The van der Waals surface area contributed by atoms with Gasteiger partial charge in [0.15, 0.2) is 12.1 Å². The van der Waals surface area contributed by atoms with Gasteiger partial charge in [0, 0.05) is 19.1 Å².